The number of carbonyl (C=O) groups excluding carboxylic acids is 1. The van der Waals surface area contributed by atoms with Crippen molar-refractivity contribution in [2.45, 2.75) is 18.0 Å². The van der Waals surface area contributed by atoms with Crippen molar-refractivity contribution in [2.24, 2.45) is 0 Å². The van der Waals surface area contributed by atoms with E-state index in [0.717, 1.165) is 25.5 Å². The van der Waals surface area contributed by atoms with Crippen molar-refractivity contribution in [3.8, 4) is 0 Å². The number of rotatable bonds is 4. The highest BCUT2D eigenvalue weighted by Gasteiger charge is 2.37. The number of nitrogens with zero attached hydrogens (tertiary/aromatic N) is 1. The van der Waals surface area contributed by atoms with Gasteiger partial charge in [-0.1, -0.05) is 0 Å². The standard InChI is InChI=1S/C10H12F3NO4S2/c1-6-4-19-7(9(15)18-3)8(6)20(16,17)14(2)5-10(11,12)13/h4H,5H2,1-3H3. The van der Waals surface area contributed by atoms with E-state index in [2.05, 4.69) is 4.74 Å². The van der Waals surface area contributed by atoms with Crippen molar-refractivity contribution < 1.29 is 31.1 Å². The molecule has 0 amide bonds. The van der Waals surface area contributed by atoms with Crippen LogP contribution in [0.25, 0.3) is 0 Å². The number of hydrogen-bond acceptors (Lipinski definition) is 5. The fourth-order valence-corrected chi connectivity index (χ4v) is 4.29. The molecule has 1 heterocycles. The van der Waals surface area contributed by atoms with Gasteiger partial charge in [0.1, 0.15) is 16.3 Å². The van der Waals surface area contributed by atoms with E-state index < -0.39 is 33.6 Å². The van der Waals surface area contributed by atoms with E-state index in [-0.39, 0.29) is 14.7 Å². The van der Waals surface area contributed by atoms with Crippen molar-refractivity contribution in [2.75, 3.05) is 20.7 Å². The molecule has 0 aliphatic rings. The monoisotopic (exact) mass is 331 g/mol. The number of carbonyl (C=O) groups is 1. The lowest BCUT2D eigenvalue weighted by Crippen LogP contribution is -2.36. The van der Waals surface area contributed by atoms with Crippen molar-refractivity contribution >= 4 is 27.3 Å². The fourth-order valence-electron chi connectivity index (χ4n) is 1.48. The fraction of sp³-hybridized carbons (Fsp3) is 0.500. The summed E-state index contributed by atoms with van der Waals surface area (Å²) in [4.78, 5) is 10.8. The number of esters is 1. The third-order valence-corrected chi connectivity index (χ3v) is 5.56. The average molecular weight is 331 g/mol. The summed E-state index contributed by atoms with van der Waals surface area (Å²) in [5, 5.41) is 1.38. The number of ether oxygens (including phenoxy) is 1. The highest BCUT2D eigenvalue weighted by molar-refractivity contribution is 7.89. The van der Waals surface area contributed by atoms with Crippen LogP contribution in [0.5, 0.6) is 0 Å². The van der Waals surface area contributed by atoms with Gasteiger partial charge in [-0.2, -0.15) is 17.5 Å². The summed E-state index contributed by atoms with van der Waals surface area (Å²) >= 11 is 0.809. The Balaban J connectivity index is 3.29. The van der Waals surface area contributed by atoms with Gasteiger partial charge in [-0.15, -0.1) is 11.3 Å². The van der Waals surface area contributed by atoms with E-state index in [9.17, 15) is 26.4 Å². The highest BCUT2D eigenvalue weighted by atomic mass is 32.2. The zero-order valence-corrected chi connectivity index (χ0v) is 12.4. The summed E-state index contributed by atoms with van der Waals surface area (Å²) in [6, 6.07) is 0. The maximum absolute atomic E-state index is 12.3. The Morgan fingerprint density at radius 1 is 1.45 bits per heavy atom. The third-order valence-electron chi connectivity index (χ3n) is 2.36. The van der Waals surface area contributed by atoms with Crippen molar-refractivity contribution in [1.82, 2.24) is 4.31 Å². The van der Waals surface area contributed by atoms with Crippen LogP contribution in [0.1, 0.15) is 15.2 Å². The average Bonchev–Trinajstić information content (AvgIpc) is 2.68. The zero-order chi connectivity index (χ0) is 15.7. The summed E-state index contributed by atoms with van der Waals surface area (Å²) in [7, 11) is -2.55. The third kappa shape index (κ3) is 3.49. The molecule has 0 unspecified atom stereocenters. The topological polar surface area (TPSA) is 63.7 Å². The number of halogens is 3. The number of hydrogen-bond donors (Lipinski definition) is 0. The molecule has 0 aliphatic carbocycles. The molecule has 0 saturated carbocycles. The molecule has 0 bridgehead atoms. The molecule has 114 valence electrons. The quantitative estimate of drug-likeness (QED) is 0.792. The van der Waals surface area contributed by atoms with Gasteiger partial charge in [0.15, 0.2) is 0 Å². The van der Waals surface area contributed by atoms with E-state index in [1.807, 2.05) is 0 Å². The number of aryl methyl sites for hydroxylation is 1. The molecular formula is C10H12F3NO4S2. The van der Waals surface area contributed by atoms with Gasteiger partial charge in [-0.3, -0.25) is 0 Å². The Bertz CT molecular complexity index is 607. The van der Waals surface area contributed by atoms with E-state index in [1.54, 1.807) is 0 Å². The lowest BCUT2D eigenvalue weighted by atomic mass is 10.3. The van der Waals surface area contributed by atoms with Gasteiger partial charge in [0.25, 0.3) is 0 Å². The second-order valence-electron chi connectivity index (χ2n) is 3.94. The SMILES string of the molecule is COC(=O)c1scc(C)c1S(=O)(=O)N(C)CC(F)(F)F. The molecule has 0 aliphatic heterocycles. The summed E-state index contributed by atoms with van der Waals surface area (Å²) in [5.74, 6) is -0.901. The van der Waals surface area contributed by atoms with Crippen molar-refractivity contribution in [3.05, 3.63) is 15.8 Å². The normalized spacial score (nSPS) is 12.8. The predicted octanol–water partition coefficient (Wildman–Crippen LogP) is 2.03. The predicted molar refractivity (Wildman–Crippen MR) is 66.3 cm³/mol. The van der Waals surface area contributed by atoms with Crippen LogP contribution in [-0.4, -0.2) is 45.6 Å². The van der Waals surface area contributed by atoms with Gasteiger partial charge < -0.3 is 4.74 Å². The first-order valence-electron chi connectivity index (χ1n) is 5.20. The summed E-state index contributed by atoms with van der Waals surface area (Å²) in [6.07, 6.45) is -4.67. The Kier molecular flexibility index (Phi) is 4.82. The number of alkyl halides is 3. The Morgan fingerprint density at radius 2 is 2.00 bits per heavy atom. The van der Waals surface area contributed by atoms with E-state index in [1.165, 1.54) is 12.3 Å². The van der Waals surface area contributed by atoms with Gasteiger partial charge in [-0.25, -0.2) is 13.2 Å². The molecule has 0 atom stereocenters. The van der Waals surface area contributed by atoms with E-state index in [4.69, 9.17) is 0 Å². The van der Waals surface area contributed by atoms with Gasteiger partial charge >= 0.3 is 12.1 Å². The van der Waals surface area contributed by atoms with Crippen molar-refractivity contribution in [3.63, 3.8) is 0 Å². The van der Waals surface area contributed by atoms with Gasteiger partial charge in [0.2, 0.25) is 10.0 Å². The molecule has 5 nitrogen and oxygen atoms in total. The van der Waals surface area contributed by atoms with Crippen LogP contribution in [0.3, 0.4) is 0 Å². The highest BCUT2D eigenvalue weighted by Crippen LogP contribution is 2.30. The molecule has 1 rings (SSSR count). The summed E-state index contributed by atoms with van der Waals surface area (Å²) in [6.45, 7) is -0.234. The number of methoxy groups -OCH3 is 1. The number of thiophene rings is 1. The molecule has 10 heteroatoms. The lowest BCUT2D eigenvalue weighted by molar-refractivity contribution is -0.134. The van der Waals surface area contributed by atoms with E-state index >= 15 is 0 Å². The Morgan fingerprint density at radius 3 is 2.45 bits per heavy atom. The van der Waals surface area contributed by atoms with Crippen LogP contribution in [-0.2, 0) is 14.8 Å². The smallest absolute Gasteiger partial charge is 0.402 e. The summed E-state index contributed by atoms with van der Waals surface area (Å²) < 4.78 is 65.8. The number of sulfonamides is 1. The Hall–Kier alpha value is -1.13. The second-order valence-corrected chi connectivity index (χ2v) is 6.81. The molecule has 0 aromatic carbocycles. The van der Waals surface area contributed by atoms with Gasteiger partial charge in [0.05, 0.1) is 7.11 Å². The van der Waals surface area contributed by atoms with Crippen molar-refractivity contribution in [1.29, 1.82) is 0 Å². The van der Waals surface area contributed by atoms with Gasteiger partial charge in [0, 0.05) is 7.05 Å². The molecule has 1 aromatic heterocycles. The maximum atomic E-state index is 12.3. The van der Waals surface area contributed by atoms with Crippen LogP contribution in [0.4, 0.5) is 13.2 Å². The van der Waals surface area contributed by atoms with E-state index in [0.29, 0.717) is 0 Å². The van der Waals surface area contributed by atoms with Crippen LogP contribution >= 0.6 is 11.3 Å². The van der Waals surface area contributed by atoms with Crippen LogP contribution in [0, 0.1) is 6.92 Å². The first-order chi connectivity index (χ1) is 9.00. The molecule has 0 fully saturated rings. The Labute approximate surface area is 118 Å². The van der Waals surface area contributed by atoms with Crippen LogP contribution in [0.2, 0.25) is 0 Å². The first kappa shape index (κ1) is 16.9. The second kappa shape index (κ2) is 5.70. The first-order valence-corrected chi connectivity index (χ1v) is 7.52. The molecule has 0 radical (unpaired) electrons. The minimum absolute atomic E-state index is 0.161. The molecule has 0 saturated heterocycles. The molecule has 0 spiro atoms. The van der Waals surface area contributed by atoms with Gasteiger partial charge in [-0.05, 0) is 17.9 Å². The van der Waals surface area contributed by atoms with Crippen LogP contribution in [0.15, 0.2) is 10.3 Å². The molecular weight excluding hydrogens is 319 g/mol. The molecule has 1 aromatic rings. The molecule has 20 heavy (non-hydrogen) atoms. The summed E-state index contributed by atoms with van der Waals surface area (Å²) in [5.41, 5.74) is 0.199. The molecule has 0 N–H and O–H groups in total. The zero-order valence-electron chi connectivity index (χ0n) is 10.8. The lowest BCUT2D eigenvalue weighted by Gasteiger charge is -2.19. The maximum Gasteiger partial charge on any atom is 0.402 e. The largest absolute Gasteiger partial charge is 0.465 e. The minimum Gasteiger partial charge on any atom is -0.465 e. The van der Waals surface area contributed by atoms with Crippen LogP contribution < -0.4 is 0 Å². The minimum atomic E-state index is -4.67.